The predicted octanol–water partition coefficient (Wildman–Crippen LogP) is -0.941. The van der Waals surface area contributed by atoms with Gasteiger partial charge < -0.3 is 95.8 Å². The van der Waals surface area contributed by atoms with E-state index in [4.69, 9.17) is 80.5 Å². The summed E-state index contributed by atoms with van der Waals surface area (Å²) in [6.45, 7) is 3.92. The van der Waals surface area contributed by atoms with Crippen LogP contribution >= 0.6 is 0 Å². The molecule has 24 nitrogen and oxygen atoms in total. The van der Waals surface area contributed by atoms with E-state index in [1.54, 1.807) is 44.2 Å². The molecule has 3 N–H and O–H groups in total. The van der Waals surface area contributed by atoms with Gasteiger partial charge >= 0.3 is 23.9 Å². The summed E-state index contributed by atoms with van der Waals surface area (Å²) in [5, 5.41) is 32.1. The third-order valence-electron chi connectivity index (χ3n) is 13.3. The monoisotopic (exact) mass is 990 g/mol. The van der Waals surface area contributed by atoms with Gasteiger partial charge in [0, 0.05) is 48.2 Å². The lowest BCUT2D eigenvalue weighted by molar-refractivity contribution is -0.431. The number of benzene rings is 1. The van der Waals surface area contributed by atoms with Gasteiger partial charge in [-0.15, -0.1) is 0 Å². The Hall–Kier alpha value is -3.54. The number of carbonyl (C=O) groups is 4. The van der Waals surface area contributed by atoms with Gasteiger partial charge in [-0.25, -0.2) is 9.59 Å². The van der Waals surface area contributed by atoms with Crippen LogP contribution in [0.3, 0.4) is 0 Å². The number of hydrogen-bond donors (Lipinski definition) is 3. The SMILES string of the molecule is CCC1(C(=O)OC)O[C@@H](O[C@H]2C(COC(C)=O)O[C@@H](O[C@@H]3C(OC)[C@H]4OCC3(C(=O)OC)O[C@@H]4O[C@H]3C(CO)O[C@@H](OC)C(O)[C@H]3O)C(OCc3ccccc3)[C@H]2OC(C)=O)C(OC)[C@@H](OC)[C@H]1C. The van der Waals surface area contributed by atoms with Gasteiger partial charge in [-0.2, -0.15) is 0 Å². The zero-order chi connectivity index (χ0) is 50.4. The Morgan fingerprint density at radius 3 is 1.91 bits per heavy atom. The first-order valence-electron chi connectivity index (χ1n) is 22.5. The number of fused-ring (bicyclic) bond motifs is 3. The number of aliphatic hydroxyl groups excluding tert-OH is 3. The van der Waals surface area contributed by atoms with Gasteiger partial charge in [-0.1, -0.05) is 44.2 Å². The van der Waals surface area contributed by atoms with Crippen molar-refractivity contribution in [2.45, 2.75) is 156 Å². The first-order chi connectivity index (χ1) is 33.0. The zero-order valence-electron chi connectivity index (χ0n) is 40.2. The first kappa shape index (κ1) is 54.8. The molecule has 0 spiro atoms. The van der Waals surface area contributed by atoms with Gasteiger partial charge in [0.05, 0.1) is 40.1 Å². The molecule has 6 aliphatic heterocycles. The largest absolute Gasteiger partial charge is 0.467 e. The molecule has 0 saturated carbocycles. The molecule has 1 aromatic carbocycles. The molecule has 8 unspecified atom stereocenters. The molecule has 6 saturated heterocycles. The van der Waals surface area contributed by atoms with Crippen molar-refractivity contribution in [3.8, 4) is 0 Å². The maximum absolute atomic E-state index is 14.1. The second kappa shape index (κ2) is 23.8. The van der Waals surface area contributed by atoms with Gasteiger partial charge in [0.2, 0.25) is 5.60 Å². The van der Waals surface area contributed by atoms with Crippen molar-refractivity contribution in [3.05, 3.63) is 35.9 Å². The molecular weight excluding hydrogens is 924 g/mol. The Kier molecular flexibility index (Phi) is 18.9. The molecule has 6 heterocycles. The molecule has 0 aromatic heterocycles. The normalized spacial score (nSPS) is 40.9. The molecule has 69 heavy (non-hydrogen) atoms. The molecular formula is C45H66O24. The van der Waals surface area contributed by atoms with E-state index in [-0.39, 0.29) is 13.0 Å². The Morgan fingerprint density at radius 1 is 0.681 bits per heavy atom. The summed E-state index contributed by atoms with van der Waals surface area (Å²) in [5.41, 5.74) is -3.21. The van der Waals surface area contributed by atoms with Crippen LogP contribution < -0.4 is 0 Å². The van der Waals surface area contributed by atoms with Gasteiger partial charge in [-0.05, 0) is 12.0 Å². The van der Waals surface area contributed by atoms with Gasteiger partial charge in [0.1, 0.15) is 73.8 Å². The molecule has 0 amide bonds. The molecule has 1 aromatic rings. The van der Waals surface area contributed by atoms with Crippen molar-refractivity contribution in [2.75, 3.05) is 62.5 Å². The van der Waals surface area contributed by atoms with Gasteiger partial charge in [-0.3, -0.25) is 9.59 Å². The number of ether oxygens (including phenoxy) is 17. The predicted molar refractivity (Wildman–Crippen MR) is 226 cm³/mol. The second-order valence-electron chi connectivity index (χ2n) is 17.1. The van der Waals surface area contributed by atoms with Crippen LogP contribution in [0.2, 0.25) is 0 Å². The van der Waals surface area contributed by atoms with Crippen LogP contribution in [0.25, 0.3) is 0 Å². The van der Waals surface area contributed by atoms with E-state index in [2.05, 4.69) is 0 Å². The van der Waals surface area contributed by atoms with E-state index in [9.17, 15) is 34.5 Å². The lowest BCUT2D eigenvalue weighted by atomic mass is 9.77. The maximum Gasteiger partial charge on any atom is 0.343 e. The summed E-state index contributed by atoms with van der Waals surface area (Å²) in [6, 6.07) is 8.93. The molecule has 6 aliphatic rings. The van der Waals surface area contributed by atoms with Crippen LogP contribution in [0.4, 0.5) is 0 Å². The Balaban J connectivity index is 1.42. The van der Waals surface area contributed by atoms with E-state index in [1.807, 2.05) is 0 Å². The Labute approximate surface area is 399 Å². The Morgan fingerprint density at radius 2 is 1.33 bits per heavy atom. The summed E-state index contributed by atoms with van der Waals surface area (Å²) >= 11 is 0. The summed E-state index contributed by atoms with van der Waals surface area (Å²) in [6.07, 6.45) is -23.7. The fraction of sp³-hybridized carbons (Fsp3) is 0.778. The minimum atomic E-state index is -2.24. The number of aliphatic hydroxyl groups is 3. The summed E-state index contributed by atoms with van der Waals surface area (Å²) in [7, 11) is 7.69. The van der Waals surface area contributed by atoms with Crippen LogP contribution in [0.15, 0.2) is 30.3 Å². The molecule has 0 radical (unpaired) electrons. The highest BCUT2D eigenvalue weighted by molar-refractivity contribution is 5.81. The number of hydrogen-bond acceptors (Lipinski definition) is 24. The average Bonchev–Trinajstić information content (AvgIpc) is 3.35. The van der Waals surface area contributed by atoms with Crippen molar-refractivity contribution < 1.29 is 115 Å². The highest BCUT2D eigenvalue weighted by atomic mass is 16.8. The minimum absolute atomic E-state index is 0.108. The van der Waals surface area contributed by atoms with Crippen LogP contribution in [0, 0.1) is 5.92 Å². The van der Waals surface area contributed by atoms with Crippen molar-refractivity contribution in [2.24, 2.45) is 5.92 Å². The molecule has 2 bridgehead atoms. The van der Waals surface area contributed by atoms with Crippen molar-refractivity contribution in [1.29, 1.82) is 0 Å². The van der Waals surface area contributed by atoms with Crippen molar-refractivity contribution in [1.82, 2.24) is 0 Å². The van der Waals surface area contributed by atoms with E-state index in [0.29, 0.717) is 5.56 Å². The van der Waals surface area contributed by atoms with Gasteiger partial charge in [0.25, 0.3) is 0 Å². The topological polar surface area (TPSA) is 286 Å². The standard InChI is InChI=1S/C45H66O24/c1-11-44(42(51)57-9)21(2)29(53-5)34(55-7)40(68-44)66-31-26(19-59-22(3)47)64-39(35(32(31)62-23(4)48)60-18-24-15-13-12-14-16-24)67-37-33(54-6)36-41(69-45(37,20-61-36)43(52)58-10)65-30-25(17-46)63-38(56-8)28(50)27(30)49/h12-16,21,25-41,46,49-50H,11,17-20H2,1-10H3/t21-,25?,26?,27-,28?,29+,30+,31+,32+,33?,34?,35?,36-,37-,38-,39+,40-,41+,44?,45?/m1/s1. The smallest absolute Gasteiger partial charge is 0.343 e. The van der Waals surface area contributed by atoms with Gasteiger partial charge in [0.15, 0.2) is 36.9 Å². The van der Waals surface area contributed by atoms with Crippen molar-refractivity contribution >= 4 is 23.9 Å². The van der Waals surface area contributed by atoms with Crippen molar-refractivity contribution in [3.63, 3.8) is 0 Å². The van der Waals surface area contributed by atoms with Crippen LogP contribution in [0.1, 0.15) is 39.7 Å². The fourth-order valence-corrected chi connectivity index (χ4v) is 9.75. The number of esters is 4. The third kappa shape index (κ3) is 11.0. The molecule has 24 heteroatoms. The van der Waals surface area contributed by atoms with Crippen LogP contribution in [-0.4, -0.2) is 217 Å². The van der Waals surface area contributed by atoms with Crippen LogP contribution in [-0.2, 0) is 106 Å². The maximum atomic E-state index is 14.1. The molecule has 390 valence electrons. The number of rotatable bonds is 20. The third-order valence-corrected chi connectivity index (χ3v) is 13.3. The average molecular weight is 991 g/mol. The second-order valence-corrected chi connectivity index (χ2v) is 17.1. The minimum Gasteiger partial charge on any atom is -0.467 e. The Bertz CT molecular complexity index is 1860. The summed E-state index contributed by atoms with van der Waals surface area (Å²) < 4.78 is 103. The lowest BCUT2D eigenvalue weighted by Gasteiger charge is -2.57. The molecule has 0 aliphatic carbocycles. The first-order valence-corrected chi connectivity index (χ1v) is 22.5. The highest BCUT2D eigenvalue weighted by Gasteiger charge is 2.69. The number of methoxy groups -OCH3 is 6. The van der Waals surface area contributed by atoms with E-state index in [0.717, 1.165) is 14.0 Å². The molecule has 6 fully saturated rings. The van der Waals surface area contributed by atoms with Crippen LogP contribution in [0.5, 0.6) is 0 Å². The van der Waals surface area contributed by atoms with E-state index < -0.39 is 165 Å². The summed E-state index contributed by atoms with van der Waals surface area (Å²) in [4.78, 5) is 53.4. The molecule has 7 rings (SSSR count). The quantitative estimate of drug-likeness (QED) is 0.105. The van der Waals surface area contributed by atoms with E-state index >= 15 is 0 Å². The highest BCUT2D eigenvalue weighted by Crippen LogP contribution is 2.46. The lowest BCUT2D eigenvalue weighted by Crippen LogP contribution is -2.78. The zero-order valence-corrected chi connectivity index (χ0v) is 40.2. The molecule has 20 atom stereocenters. The fourth-order valence-electron chi connectivity index (χ4n) is 9.75. The summed E-state index contributed by atoms with van der Waals surface area (Å²) in [5.74, 6) is -3.92. The number of carbonyl (C=O) groups excluding carboxylic acids is 4. The van der Waals surface area contributed by atoms with E-state index in [1.165, 1.54) is 42.5 Å².